The molecule has 3 rings (SSSR count). The fourth-order valence-electron chi connectivity index (χ4n) is 3.50. The average molecular weight is 358 g/mol. The SMILES string of the molecule is CCOc1cc(C2[NH2+]CCc3cc(OCC)c(OCC)cc32)ccc1O. The molecule has 1 atom stereocenters. The van der Waals surface area contributed by atoms with Crippen molar-refractivity contribution < 1.29 is 24.6 Å². The van der Waals surface area contributed by atoms with Crippen molar-refractivity contribution in [3.05, 3.63) is 47.0 Å². The molecule has 140 valence electrons. The first kappa shape index (κ1) is 18.4. The first-order valence-corrected chi connectivity index (χ1v) is 9.39. The Hall–Kier alpha value is -2.40. The molecule has 5 heteroatoms. The molecule has 0 amide bonds. The van der Waals surface area contributed by atoms with Crippen LogP contribution in [-0.4, -0.2) is 31.5 Å². The van der Waals surface area contributed by atoms with Crippen LogP contribution in [-0.2, 0) is 6.42 Å². The molecule has 26 heavy (non-hydrogen) atoms. The Morgan fingerprint density at radius 2 is 1.58 bits per heavy atom. The number of phenolic OH excluding ortho intramolecular Hbond substituents is 1. The van der Waals surface area contributed by atoms with Crippen molar-refractivity contribution in [3.63, 3.8) is 0 Å². The summed E-state index contributed by atoms with van der Waals surface area (Å²) in [7, 11) is 0. The standard InChI is InChI=1S/C21H27NO4/c1-4-24-18-12-15(7-8-17(18)23)21-16-13-20(26-6-3)19(25-5-2)11-14(16)9-10-22-21/h7-8,11-13,21-23H,4-6,9-10H2,1-3H3/p+1. The molecule has 2 aromatic rings. The van der Waals surface area contributed by atoms with Crippen molar-refractivity contribution in [3.8, 4) is 23.0 Å². The Bertz CT molecular complexity index is 760. The van der Waals surface area contributed by atoms with Gasteiger partial charge in [0.1, 0.15) is 6.04 Å². The number of rotatable bonds is 7. The normalized spacial score (nSPS) is 16.0. The van der Waals surface area contributed by atoms with E-state index in [0.29, 0.717) is 25.6 Å². The lowest BCUT2D eigenvalue weighted by Crippen LogP contribution is -2.87. The molecular formula is C21H28NO4+. The van der Waals surface area contributed by atoms with Crippen LogP contribution in [0.1, 0.15) is 43.5 Å². The first-order chi connectivity index (χ1) is 12.7. The maximum Gasteiger partial charge on any atom is 0.161 e. The van der Waals surface area contributed by atoms with Gasteiger partial charge in [0.25, 0.3) is 0 Å². The summed E-state index contributed by atoms with van der Waals surface area (Å²) in [5, 5.41) is 12.3. The zero-order valence-electron chi connectivity index (χ0n) is 15.7. The topological polar surface area (TPSA) is 64.5 Å². The van der Waals surface area contributed by atoms with Gasteiger partial charge in [-0.05, 0) is 56.7 Å². The first-order valence-electron chi connectivity index (χ1n) is 9.39. The molecule has 1 heterocycles. The summed E-state index contributed by atoms with van der Waals surface area (Å²) >= 11 is 0. The number of hydrogen-bond donors (Lipinski definition) is 2. The predicted octanol–water partition coefficient (Wildman–Crippen LogP) is 2.80. The summed E-state index contributed by atoms with van der Waals surface area (Å²) in [5.41, 5.74) is 3.63. The number of benzene rings is 2. The van der Waals surface area contributed by atoms with Gasteiger partial charge in [0.15, 0.2) is 23.0 Å². The van der Waals surface area contributed by atoms with Crippen molar-refractivity contribution in [1.82, 2.24) is 0 Å². The van der Waals surface area contributed by atoms with Gasteiger partial charge in [0.05, 0.1) is 26.4 Å². The number of aromatic hydroxyl groups is 1. The summed E-state index contributed by atoms with van der Waals surface area (Å²) in [6.45, 7) is 8.61. The van der Waals surface area contributed by atoms with Crippen LogP contribution in [0.2, 0.25) is 0 Å². The maximum absolute atomic E-state index is 10.00. The average Bonchev–Trinajstić information content (AvgIpc) is 2.64. The van der Waals surface area contributed by atoms with Gasteiger partial charge in [-0.3, -0.25) is 0 Å². The van der Waals surface area contributed by atoms with Crippen LogP contribution >= 0.6 is 0 Å². The van der Waals surface area contributed by atoms with E-state index in [1.807, 2.05) is 32.9 Å². The van der Waals surface area contributed by atoms with Crippen LogP contribution < -0.4 is 19.5 Å². The van der Waals surface area contributed by atoms with E-state index in [-0.39, 0.29) is 11.8 Å². The van der Waals surface area contributed by atoms with E-state index in [1.165, 1.54) is 11.1 Å². The van der Waals surface area contributed by atoms with E-state index < -0.39 is 0 Å². The van der Waals surface area contributed by atoms with E-state index in [0.717, 1.165) is 30.0 Å². The van der Waals surface area contributed by atoms with Crippen LogP contribution in [0.4, 0.5) is 0 Å². The fraction of sp³-hybridized carbons (Fsp3) is 0.429. The highest BCUT2D eigenvalue weighted by atomic mass is 16.5. The van der Waals surface area contributed by atoms with Crippen molar-refractivity contribution in [1.29, 1.82) is 0 Å². The second-order valence-corrected chi connectivity index (χ2v) is 6.28. The molecule has 0 radical (unpaired) electrons. The minimum atomic E-state index is 0.147. The van der Waals surface area contributed by atoms with Crippen LogP contribution in [0.3, 0.4) is 0 Å². The molecule has 0 spiro atoms. The van der Waals surface area contributed by atoms with Crippen molar-refractivity contribution in [2.24, 2.45) is 0 Å². The summed E-state index contributed by atoms with van der Waals surface area (Å²) in [5.74, 6) is 2.31. The molecule has 0 aliphatic carbocycles. The number of phenols is 1. The second-order valence-electron chi connectivity index (χ2n) is 6.28. The number of nitrogens with two attached hydrogens (primary N) is 1. The molecule has 1 unspecified atom stereocenters. The maximum atomic E-state index is 10.00. The largest absolute Gasteiger partial charge is 0.504 e. The van der Waals surface area contributed by atoms with E-state index >= 15 is 0 Å². The number of quaternary nitrogens is 1. The van der Waals surface area contributed by atoms with E-state index in [4.69, 9.17) is 14.2 Å². The van der Waals surface area contributed by atoms with Gasteiger partial charge >= 0.3 is 0 Å². The highest BCUT2D eigenvalue weighted by Crippen LogP contribution is 2.37. The molecule has 5 nitrogen and oxygen atoms in total. The van der Waals surface area contributed by atoms with Crippen LogP contribution in [0.15, 0.2) is 30.3 Å². The van der Waals surface area contributed by atoms with Gasteiger partial charge in [0.2, 0.25) is 0 Å². The van der Waals surface area contributed by atoms with Gasteiger partial charge in [-0.15, -0.1) is 0 Å². The van der Waals surface area contributed by atoms with E-state index in [2.05, 4.69) is 17.4 Å². The van der Waals surface area contributed by atoms with Crippen molar-refractivity contribution in [2.45, 2.75) is 33.2 Å². The fourth-order valence-corrected chi connectivity index (χ4v) is 3.50. The third kappa shape index (κ3) is 3.73. The highest BCUT2D eigenvalue weighted by molar-refractivity contribution is 5.52. The molecular weight excluding hydrogens is 330 g/mol. The molecule has 1 aliphatic rings. The molecule has 0 saturated heterocycles. The molecule has 0 aromatic heterocycles. The van der Waals surface area contributed by atoms with Crippen LogP contribution in [0.25, 0.3) is 0 Å². The van der Waals surface area contributed by atoms with Gasteiger partial charge in [-0.2, -0.15) is 0 Å². The monoisotopic (exact) mass is 358 g/mol. The van der Waals surface area contributed by atoms with Crippen molar-refractivity contribution >= 4 is 0 Å². The van der Waals surface area contributed by atoms with Gasteiger partial charge in [-0.25, -0.2) is 0 Å². The lowest BCUT2D eigenvalue weighted by atomic mass is 9.89. The summed E-state index contributed by atoms with van der Waals surface area (Å²) in [6.07, 6.45) is 0.995. The van der Waals surface area contributed by atoms with E-state index in [9.17, 15) is 5.11 Å². The smallest absolute Gasteiger partial charge is 0.161 e. The third-order valence-corrected chi connectivity index (χ3v) is 4.60. The lowest BCUT2D eigenvalue weighted by molar-refractivity contribution is -0.690. The Morgan fingerprint density at radius 1 is 0.923 bits per heavy atom. The third-order valence-electron chi connectivity index (χ3n) is 4.60. The molecule has 2 aromatic carbocycles. The predicted molar refractivity (Wildman–Crippen MR) is 100 cm³/mol. The van der Waals surface area contributed by atoms with Gasteiger partial charge in [-0.1, -0.05) is 0 Å². The quantitative estimate of drug-likeness (QED) is 0.799. The second kappa shape index (κ2) is 8.32. The lowest BCUT2D eigenvalue weighted by Gasteiger charge is -2.26. The molecule has 0 bridgehead atoms. The molecule has 0 saturated carbocycles. The van der Waals surface area contributed by atoms with Crippen LogP contribution in [0.5, 0.6) is 23.0 Å². The van der Waals surface area contributed by atoms with E-state index in [1.54, 1.807) is 6.07 Å². The summed E-state index contributed by atoms with van der Waals surface area (Å²) in [6, 6.07) is 9.98. The molecule has 3 N–H and O–H groups in total. The Morgan fingerprint density at radius 3 is 2.27 bits per heavy atom. The van der Waals surface area contributed by atoms with Crippen molar-refractivity contribution in [2.75, 3.05) is 26.4 Å². The number of hydrogen-bond acceptors (Lipinski definition) is 4. The molecule has 1 aliphatic heterocycles. The minimum absolute atomic E-state index is 0.147. The Labute approximate surface area is 154 Å². The minimum Gasteiger partial charge on any atom is -0.504 e. The summed E-state index contributed by atoms with van der Waals surface area (Å²) in [4.78, 5) is 0. The number of fused-ring (bicyclic) bond motifs is 1. The Kier molecular flexibility index (Phi) is 5.89. The zero-order chi connectivity index (χ0) is 18.5. The zero-order valence-corrected chi connectivity index (χ0v) is 15.7. The Balaban J connectivity index is 2.02. The highest BCUT2D eigenvalue weighted by Gasteiger charge is 2.28. The molecule has 0 fully saturated rings. The van der Waals surface area contributed by atoms with Gasteiger partial charge < -0.3 is 24.6 Å². The van der Waals surface area contributed by atoms with Crippen LogP contribution in [0, 0.1) is 0 Å². The van der Waals surface area contributed by atoms with Gasteiger partial charge in [0, 0.05) is 17.5 Å². The number of ether oxygens (including phenoxy) is 3. The summed E-state index contributed by atoms with van der Waals surface area (Å²) < 4.78 is 17.2.